The van der Waals surface area contributed by atoms with Crippen LogP contribution in [-0.4, -0.2) is 31.6 Å². The van der Waals surface area contributed by atoms with E-state index in [1.54, 1.807) is 48.5 Å². The molecule has 1 atom stereocenters. The molecule has 0 bridgehead atoms. The van der Waals surface area contributed by atoms with Crippen LogP contribution in [0.2, 0.25) is 0 Å². The van der Waals surface area contributed by atoms with Crippen LogP contribution in [0.25, 0.3) is 11.0 Å². The molecule has 2 amide bonds. The van der Waals surface area contributed by atoms with E-state index in [2.05, 4.69) is 10.6 Å². The molecule has 186 valence electrons. The van der Waals surface area contributed by atoms with Crippen LogP contribution < -0.4 is 21.1 Å². The van der Waals surface area contributed by atoms with Gasteiger partial charge in [-0.15, -0.1) is 0 Å². The summed E-state index contributed by atoms with van der Waals surface area (Å²) in [4.78, 5) is 25.3. The van der Waals surface area contributed by atoms with Crippen molar-refractivity contribution in [1.29, 1.82) is 0 Å². The van der Waals surface area contributed by atoms with E-state index in [-0.39, 0.29) is 36.8 Å². The maximum Gasteiger partial charge on any atom is 0.287 e. The minimum absolute atomic E-state index is 0.242. The molecule has 1 heterocycles. The molecule has 0 spiro atoms. The highest BCUT2D eigenvalue weighted by Crippen LogP contribution is 2.32. The van der Waals surface area contributed by atoms with Crippen LogP contribution in [0.1, 0.15) is 46.4 Å². The minimum Gasteiger partial charge on any atom is -0.492 e. The largest absolute Gasteiger partial charge is 0.492 e. The van der Waals surface area contributed by atoms with Crippen molar-refractivity contribution in [2.75, 3.05) is 30.8 Å². The molecule has 1 aromatic heterocycles. The Morgan fingerprint density at radius 1 is 0.972 bits per heavy atom. The lowest BCUT2D eigenvalue weighted by Crippen LogP contribution is -2.28. The number of rotatable bonds is 10. The quantitative estimate of drug-likeness (QED) is 0.210. The van der Waals surface area contributed by atoms with E-state index in [0.29, 0.717) is 34.9 Å². The lowest BCUT2D eigenvalue weighted by atomic mass is 10.1. The maximum absolute atomic E-state index is 12.9. The summed E-state index contributed by atoms with van der Waals surface area (Å²) < 4.78 is 17.3. The number of para-hydroxylation sites is 3. The molecule has 8 nitrogen and oxygen atoms in total. The van der Waals surface area contributed by atoms with Gasteiger partial charge in [0, 0.05) is 23.1 Å². The fraction of sp³-hybridized carbons (Fsp3) is 0.214. The van der Waals surface area contributed by atoms with Crippen molar-refractivity contribution < 1.29 is 23.5 Å². The number of ether oxygens (including phenoxy) is 2. The highest BCUT2D eigenvalue weighted by atomic mass is 16.5. The van der Waals surface area contributed by atoms with Gasteiger partial charge in [0.2, 0.25) is 0 Å². The predicted octanol–water partition coefficient (Wildman–Crippen LogP) is 5.17. The molecule has 0 radical (unpaired) electrons. The first-order valence-electron chi connectivity index (χ1n) is 11.8. The van der Waals surface area contributed by atoms with Crippen molar-refractivity contribution in [1.82, 2.24) is 5.32 Å². The molecule has 0 aliphatic rings. The average Bonchev–Trinajstić information content (AvgIpc) is 3.28. The fourth-order valence-corrected chi connectivity index (χ4v) is 3.89. The van der Waals surface area contributed by atoms with Gasteiger partial charge in [0.05, 0.1) is 24.0 Å². The zero-order valence-electron chi connectivity index (χ0n) is 20.2. The summed E-state index contributed by atoms with van der Waals surface area (Å²) >= 11 is 0. The number of hydrogen-bond donors (Lipinski definition) is 3. The van der Waals surface area contributed by atoms with Crippen molar-refractivity contribution in [2.45, 2.75) is 20.0 Å². The van der Waals surface area contributed by atoms with Gasteiger partial charge in [-0.1, -0.05) is 30.3 Å². The highest BCUT2D eigenvalue weighted by molar-refractivity contribution is 6.05. The molecule has 0 fully saturated rings. The number of nitrogens with one attached hydrogen (secondary N) is 2. The molecule has 4 aromatic rings. The highest BCUT2D eigenvalue weighted by Gasteiger charge is 2.24. The van der Waals surface area contributed by atoms with Crippen molar-refractivity contribution in [3.63, 3.8) is 0 Å². The molecule has 1 unspecified atom stereocenters. The normalized spacial score (nSPS) is 11.7. The van der Waals surface area contributed by atoms with E-state index in [9.17, 15) is 9.59 Å². The summed E-state index contributed by atoms with van der Waals surface area (Å²) in [5.74, 6) is 0.221. The van der Waals surface area contributed by atoms with Crippen LogP contribution in [0.15, 0.2) is 77.2 Å². The van der Waals surface area contributed by atoms with Crippen LogP contribution in [-0.2, 0) is 4.74 Å². The first-order chi connectivity index (χ1) is 17.5. The Labute approximate surface area is 209 Å². The van der Waals surface area contributed by atoms with Gasteiger partial charge in [-0.05, 0) is 56.3 Å². The zero-order chi connectivity index (χ0) is 25.5. The number of carbonyl (C=O) groups excluding carboxylic acids is 2. The maximum atomic E-state index is 12.9. The Morgan fingerprint density at radius 3 is 2.44 bits per heavy atom. The van der Waals surface area contributed by atoms with Gasteiger partial charge in [-0.25, -0.2) is 0 Å². The predicted molar refractivity (Wildman–Crippen MR) is 139 cm³/mol. The van der Waals surface area contributed by atoms with Gasteiger partial charge < -0.3 is 30.3 Å². The number of hydrogen-bond acceptors (Lipinski definition) is 6. The molecule has 0 aliphatic carbocycles. The molecular formula is C28H29N3O5. The molecular weight excluding hydrogens is 458 g/mol. The van der Waals surface area contributed by atoms with Crippen molar-refractivity contribution in [3.05, 3.63) is 89.7 Å². The molecule has 4 N–H and O–H groups in total. The summed E-state index contributed by atoms with van der Waals surface area (Å²) in [6, 6.07) is 21.3. The third kappa shape index (κ3) is 5.67. The second kappa shape index (κ2) is 11.4. The van der Waals surface area contributed by atoms with Gasteiger partial charge in [0.1, 0.15) is 17.9 Å². The molecule has 3 aromatic carbocycles. The average molecular weight is 488 g/mol. The number of furan rings is 1. The number of nitrogens with two attached hydrogens (primary N) is 1. The number of nitrogen functional groups attached to an aromatic ring is 1. The Bertz CT molecular complexity index is 1350. The van der Waals surface area contributed by atoms with Gasteiger partial charge in [0.15, 0.2) is 5.76 Å². The van der Waals surface area contributed by atoms with Crippen molar-refractivity contribution in [3.8, 4) is 5.75 Å². The Morgan fingerprint density at radius 2 is 1.69 bits per heavy atom. The molecule has 0 aliphatic heterocycles. The molecule has 0 saturated heterocycles. The monoisotopic (exact) mass is 487 g/mol. The molecule has 36 heavy (non-hydrogen) atoms. The minimum atomic E-state index is -0.330. The first kappa shape index (κ1) is 24.8. The first-order valence-corrected chi connectivity index (χ1v) is 11.8. The smallest absolute Gasteiger partial charge is 0.287 e. The van der Waals surface area contributed by atoms with Gasteiger partial charge in [-0.3, -0.25) is 9.59 Å². The second-order valence-electron chi connectivity index (χ2n) is 8.11. The van der Waals surface area contributed by atoms with Crippen molar-refractivity contribution in [2.24, 2.45) is 0 Å². The van der Waals surface area contributed by atoms with E-state index in [4.69, 9.17) is 19.6 Å². The number of carbonyl (C=O) groups is 2. The van der Waals surface area contributed by atoms with E-state index >= 15 is 0 Å². The number of benzene rings is 3. The topological polar surface area (TPSA) is 116 Å². The van der Waals surface area contributed by atoms with Crippen LogP contribution in [0.3, 0.4) is 0 Å². The molecule has 8 heteroatoms. The van der Waals surface area contributed by atoms with Crippen LogP contribution >= 0.6 is 0 Å². The summed E-state index contributed by atoms with van der Waals surface area (Å²) in [6.07, 6.45) is -0.287. The number of fused-ring (bicyclic) bond motifs is 1. The summed E-state index contributed by atoms with van der Waals surface area (Å²) in [7, 11) is 0. The van der Waals surface area contributed by atoms with Crippen LogP contribution in [0.5, 0.6) is 5.75 Å². The van der Waals surface area contributed by atoms with Crippen molar-refractivity contribution >= 4 is 34.2 Å². The third-order valence-corrected chi connectivity index (χ3v) is 5.65. The Kier molecular flexibility index (Phi) is 7.87. The standard InChI is InChI=1S/C28H29N3O5/c1-3-34-18(2)25-21-8-4-7-11-24(21)36-26(25)28(33)30-16-17-35-20-14-12-19(13-15-20)27(32)31-23-10-6-5-9-22(23)29/h4-15,18H,3,16-17,29H2,1-2H3,(H,30,33)(H,31,32). The fourth-order valence-electron chi connectivity index (χ4n) is 3.89. The molecule has 4 rings (SSSR count). The second-order valence-corrected chi connectivity index (χ2v) is 8.11. The van der Waals surface area contributed by atoms with Gasteiger partial charge in [0.25, 0.3) is 11.8 Å². The lowest BCUT2D eigenvalue weighted by Gasteiger charge is -2.13. The number of amides is 2. The van der Waals surface area contributed by atoms with E-state index in [1.165, 1.54) is 0 Å². The van der Waals surface area contributed by atoms with Crippen LogP contribution in [0.4, 0.5) is 11.4 Å². The van der Waals surface area contributed by atoms with E-state index in [1.807, 2.05) is 38.1 Å². The van der Waals surface area contributed by atoms with E-state index in [0.717, 1.165) is 10.9 Å². The summed E-state index contributed by atoms with van der Waals surface area (Å²) in [5, 5.41) is 6.49. The third-order valence-electron chi connectivity index (χ3n) is 5.65. The number of anilines is 2. The zero-order valence-corrected chi connectivity index (χ0v) is 20.2. The SMILES string of the molecule is CCOC(C)c1c(C(=O)NCCOc2ccc(C(=O)Nc3ccccc3N)cc2)oc2ccccc12. The van der Waals surface area contributed by atoms with E-state index < -0.39 is 0 Å². The summed E-state index contributed by atoms with van der Waals surface area (Å²) in [6.45, 7) is 4.85. The van der Waals surface area contributed by atoms with Crippen LogP contribution in [0, 0.1) is 0 Å². The summed E-state index contributed by atoms with van der Waals surface area (Å²) in [5.41, 5.74) is 8.77. The Balaban J connectivity index is 1.32. The molecule has 0 saturated carbocycles. The lowest BCUT2D eigenvalue weighted by molar-refractivity contribution is 0.0733. The van der Waals surface area contributed by atoms with Gasteiger partial charge >= 0.3 is 0 Å². The Hall–Kier alpha value is -4.30. The van der Waals surface area contributed by atoms with Gasteiger partial charge in [-0.2, -0.15) is 0 Å².